The number of rotatable bonds is 2. The second-order valence-electron chi connectivity index (χ2n) is 8.18. The van der Waals surface area contributed by atoms with Crippen LogP contribution in [0.15, 0.2) is 24.4 Å². The van der Waals surface area contributed by atoms with Gasteiger partial charge in [-0.2, -0.15) is 0 Å². The lowest BCUT2D eigenvalue weighted by Gasteiger charge is -2.33. The van der Waals surface area contributed by atoms with Gasteiger partial charge < -0.3 is 9.64 Å². The molecule has 0 bridgehead atoms. The second-order valence-corrected chi connectivity index (χ2v) is 8.18. The average Bonchev–Trinajstić information content (AvgIpc) is 3.00. The van der Waals surface area contributed by atoms with E-state index in [1.165, 1.54) is 4.90 Å². The lowest BCUT2D eigenvalue weighted by molar-refractivity contribution is -0.127. The number of hydrogen-bond acceptors (Lipinski definition) is 5. The van der Waals surface area contributed by atoms with E-state index in [0.717, 1.165) is 0 Å². The number of amides is 3. The minimum Gasteiger partial charge on any atom is -0.444 e. The Balaban J connectivity index is 1.59. The molecule has 1 fully saturated rings. The Labute approximate surface area is 169 Å². The molecule has 1 atom stereocenters. The molecule has 0 aromatic carbocycles. The number of ether oxygens (including phenoxy) is 1. The molecular weight excluding hydrogens is 374 g/mol. The topological polar surface area (TPSA) is 105 Å². The quantitative estimate of drug-likeness (QED) is 0.750. The molecule has 1 aliphatic rings. The van der Waals surface area contributed by atoms with E-state index >= 15 is 0 Å². The Hall–Kier alpha value is -3.10. The maximum Gasteiger partial charge on any atom is 0.410 e. The minimum absolute atomic E-state index is 0.255. The van der Waals surface area contributed by atoms with Crippen molar-refractivity contribution >= 4 is 23.6 Å². The Kier molecular flexibility index (Phi) is 5.76. The molecule has 1 aliphatic heterocycles. The Morgan fingerprint density at radius 3 is 2.69 bits per heavy atom. The number of carbonyl (C=O) groups is 3. The van der Waals surface area contributed by atoms with Crippen LogP contribution in [-0.2, 0) is 9.53 Å². The number of hydrazine groups is 1. The van der Waals surface area contributed by atoms with Crippen molar-refractivity contribution in [1.29, 1.82) is 0 Å². The van der Waals surface area contributed by atoms with E-state index in [0.29, 0.717) is 36.4 Å². The first-order valence-electron chi connectivity index (χ1n) is 9.67. The number of aryl methyl sites for hydroxylation is 1. The summed E-state index contributed by atoms with van der Waals surface area (Å²) >= 11 is 0. The maximum atomic E-state index is 12.6. The first-order chi connectivity index (χ1) is 13.7. The Bertz CT molecular complexity index is 931. The zero-order valence-corrected chi connectivity index (χ0v) is 17.2. The van der Waals surface area contributed by atoms with Crippen LogP contribution in [0.3, 0.4) is 0 Å². The molecule has 2 aromatic heterocycles. The second kappa shape index (κ2) is 8.10. The minimum atomic E-state index is -0.591. The lowest BCUT2D eigenvalue weighted by Crippen LogP contribution is -2.50. The Morgan fingerprint density at radius 2 is 1.97 bits per heavy atom. The van der Waals surface area contributed by atoms with Crippen molar-refractivity contribution in [2.45, 2.75) is 46.1 Å². The number of nitrogens with zero attached hydrogens (tertiary/aromatic N) is 3. The molecule has 3 amide bonds. The molecule has 2 aromatic rings. The van der Waals surface area contributed by atoms with E-state index in [1.807, 2.05) is 6.07 Å². The van der Waals surface area contributed by atoms with Crippen molar-refractivity contribution in [3.8, 4) is 0 Å². The average molecular weight is 401 g/mol. The van der Waals surface area contributed by atoms with Crippen LogP contribution in [0.1, 0.15) is 49.8 Å². The number of piperidine rings is 1. The molecule has 0 spiro atoms. The van der Waals surface area contributed by atoms with Gasteiger partial charge in [-0.15, -0.1) is 0 Å². The maximum absolute atomic E-state index is 12.6. The first kappa shape index (κ1) is 20.6. The largest absolute Gasteiger partial charge is 0.444 e. The van der Waals surface area contributed by atoms with Gasteiger partial charge in [-0.25, -0.2) is 9.78 Å². The molecule has 0 radical (unpaired) electrons. The van der Waals surface area contributed by atoms with Gasteiger partial charge in [0.2, 0.25) is 5.91 Å². The van der Waals surface area contributed by atoms with Crippen LogP contribution < -0.4 is 10.9 Å². The van der Waals surface area contributed by atoms with Crippen molar-refractivity contribution in [2.24, 2.45) is 5.92 Å². The van der Waals surface area contributed by atoms with E-state index in [-0.39, 0.29) is 12.5 Å². The molecule has 1 saturated heterocycles. The highest BCUT2D eigenvalue weighted by Gasteiger charge is 2.31. The van der Waals surface area contributed by atoms with E-state index < -0.39 is 23.5 Å². The van der Waals surface area contributed by atoms with Gasteiger partial charge in [0, 0.05) is 19.3 Å². The third kappa shape index (κ3) is 4.85. The van der Waals surface area contributed by atoms with Crippen LogP contribution in [0.5, 0.6) is 0 Å². The molecule has 29 heavy (non-hydrogen) atoms. The van der Waals surface area contributed by atoms with Crippen molar-refractivity contribution < 1.29 is 19.1 Å². The monoisotopic (exact) mass is 401 g/mol. The number of fused-ring (bicyclic) bond motifs is 1. The summed E-state index contributed by atoms with van der Waals surface area (Å²) in [5.74, 6) is -1.20. The summed E-state index contributed by atoms with van der Waals surface area (Å²) in [6.45, 7) is 7.95. The molecule has 156 valence electrons. The van der Waals surface area contributed by atoms with Crippen molar-refractivity contribution in [2.75, 3.05) is 13.1 Å². The van der Waals surface area contributed by atoms with Gasteiger partial charge in [-0.3, -0.25) is 24.8 Å². The predicted octanol–water partition coefficient (Wildman–Crippen LogP) is 2.05. The number of likely N-dealkylation sites (tertiary alicyclic amines) is 1. The third-order valence-electron chi connectivity index (χ3n) is 4.66. The predicted molar refractivity (Wildman–Crippen MR) is 106 cm³/mol. The van der Waals surface area contributed by atoms with Crippen molar-refractivity contribution in [1.82, 2.24) is 25.1 Å². The molecule has 3 heterocycles. The van der Waals surface area contributed by atoms with Crippen LogP contribution in [-0.4, -0.2) is 50.9 Å². The molecule has 1 unspecified atom stereocenters. The summed E-state index contributed by atoms with van der Waals surface area (Å²) in [4.78, 5) is 43.3. The summed E-state index contributed by atoms with van der Waals surface area (Å²) in [6, 6.07) is 5.44. The van der Waals surface area contributed by atoms with Crippen LogP contribution >= 0.6 is 0 Å². The fourth-order valence-electron chi connectivity index (χ4n) is 3.35. The SMILES string of the molecule is Cc1nc2ccccn2c1C(=O)NNC(=O)C1CCCN(C(=O)OC(C)(C)C)C1. The van der Waals surface area contributed by atoms with E-state index in [1.54, 1.807) is 50.4 Å². The van der Waals surface area contributed by atoms with Crippen LogP contribution in [0.4, 0.5) is 4.79 Å². The third-order valence-corrected chi connectivity index (χ3v) is 4.66. The standard InChI is InChI=1S/C20H27N5O4/c1-13-16(25-11-6-5-9-15(25)21-13)18(27)23-22-17(26)14-8-7-10-24(12-14)19(28)29-20(2,3)4/h5-6,9,11,14H,7-8,10,12H2,1-4H3,(H,22,26)(H,23,27). The zero-order chi connectivity index (χ0) is 21.2. The fourth-order valence-corrected chi connectivity index (χ4v) is 3.35. The van der Waals surface area contributed by atoms with Gasteiger partial charge in [0.1, 0.15) is 16.9 Å². The highest BCUT2D eigenvalue weighted by atomic mass is 16.6. The van der Waals surface area contributed by atoms with Crippen LogP contribution in [0.25, 0.3) is 5.65 Å². The van der Waals surface area contributed by atoms with E-state index in [4.69, 9.17) is 4.74 Å². The van der Waals surface area contributed by atoms with Gasteiger partial charge in [0.05, 0.1) is 11.6 Å². The van der Waals surface area contributed by atoms with Gasteiger partial charge in [-0.1, -0.05) is 6.07 Å². The normalized spacial score (nSPS) is 17.1. The summed E-state index contributed by atoms with van der Waals surface area (Å²) in [6.07, 6.45) is 2.64. The summed E-state index contributed by atoms with van der Waals surface area (Å²) in [5.41, 5.74) is 5.94. The molecule has 9 nitrogen and oxygen atoms in total. The van der Waals surface area contributed by atoms with E-state index in [2.05, 4.69) is 15.8 Å². The van der Waals surface area contributed by atoms with Crippen molar-refractivity contribution in [3.05, 3.63) is 35.8 Å². The zero-order valence-electron chi connectivity index (χ0n) is 17.2. The number of nitrogens with one attached hydrogen (secondary N) is 2. The van der Waals surface area contributed by atoms with Gasteiger partial charge in [0.25, 0.3) is 5.91 Å². The summed E-state index contributed by atoms with van der Waals surface area (Å²) < 4.78 is 7.05. The summed E-state index contributed by atoms with van der Waals surface area (Å²) in [5, 5.41) is 0. The van der Waals surface area contributed by atoms with Gasteiger partial charge in [-0.05, 0) is 52.7 Å². The lowest BCUT2D eigenvalue weighted by atomic mass is 9.98. The molecular formula is C20H27N5O4. The number of pyridine rings is 1. The number of hydrogen-bond donors (Lipinski definition) is 2. The van der Waals surface area contributed by atoms with Crippen molar-refractivity contribution in [3.63, 3.8) is 0 Å². The molecule has 3 rings (SSSR count). The molecule has 0 aliphatic carbocycles. The molecule has 0 saturated carbocycles. The fraction of sp³-hybridized carbons (Fsp3) is 0.500. The highest BCUT2D eigenvalue weighted by Crippen LogP contribution is 2.19. The number of aromatic nitrogens is 2. The highest BCUT2D eigenvalue weighted by molar-refractivity contribution is 5.96. The van der Waals surface area contributed by atoms with E-state index in [9.17, 15) is 14.4 Å². The molecule has 2 N–H and O–H groups in total. The molecule has 9 heteroatoms. The first-order valence-corrected chi connectivity index (χ1v) is 9.67. The number of carbonyl (C=O) groups excluding carboxylic acids is 3. The Morgan fingerprint density at radius 1 is 1.21 bits per heavy atom. The smallest absolute Gasteiger partial charge is 0.410 e. The van der Waals surface area contributed by atoms with Gasteiger partial charge >= 0.3 is 6.09 Å². The summed E-state index contributed by atoms with van der Waals surface area (Å²) in [7, 11) is 0. The van der Waals surface area contributed by atoms with Gasteiger partial charge in [0.15, 0.2) is 0 Å². The van der Waals surface area contributed by atoms with Crippen LogP contribution in [0.2, 0.25) is 0 Å². The number of imidazole rings is 1. The van der Waals surface area contributed by atoms with Crippen LogP contribution in [0, 0.1) is 12.8 Å².